The SMILES string of the molecule is C[C@H]1CN(Cc2cnc(NC(=O)/C(=N/OC3CCCC3)c3ccc(S(=O)(=O)N(C)CCO)cc3)s2)CCN1C=O. The quantitative estimate of drug-likeness (QED) is 0.215. The number of benzene rings is 1. The molecule has 2 aromatic rings. The van der Waals surface area contributed by atoms with Crippen LogP contribution in [0.15, 0.2) is 40.5 Å². The number of amides is 2. The Morgan fingerprint density at radius 3 is 2.65 bits per heavy atom. The Hall–Kier alpha value is -2.91. The monoisotopic (exact) mass is 592 g/mol. The van der Waals surface area contributed by atoms with E-state index in [0.29, 0.717) is 23.8 Å². The van der Waals surface area contributed by atoms with Crippen molar-refractivity contribution < 1.29 is 28.0 Å². The lowest BCUT2D eigenvalue weighted by Gasteiger charge is -2.37. The van der Waals surface area contributed by atoms with Crippen molar-refractivity contribution in [2.24, 2.45) is 5.16 Å². The molecule has 1 saturated heterocycles. The summed E-state index contributed by atoms with van der Waals surface area (Å²) in [7, 11) is -2.39. The van der Waals surface area contributed by atoms with E-state index in [0.717, 1.165) is 54.4 Å². The summed E-state index contributed by atoms with van der Waals surface area (Å²) in [5.74, 6) is -0.514. The van der Waals surface area contributed by atoms with Crippen molar-refractivity contribution in [3.63, 3.8) is 0 Å². The summed E-state index contributed by atoms with van der Waals surface area (Å²) in [4.78, 5) is 39.6. The predicted molar refractivity (Wildman–Crippen MR) is 151 cm³/mol. The average molecular weight is 593 g/mol. The first-order valence-corrected chi connectivity index (χ1v) is 15.6. The highest BCUT2D eigenvalue weighted by molar-refractivity contribution is 7.89. The fraction of sp³-hybridized carbons (Fsp3) is 0.538. The van der Waals surface area contributed by atoms with Gasteiger partial charge in [0.1, 0.15) is 6.10 Å². The third-order valence-corrected chi connectivity index (χ3v) is 9.88. The van der Waals surface area contributed by atoms with Gasteiger partial charge in [0, 0.05) is 62.5 Å². The van der Waals surface area contributed by atoms with Gasteiger partial charge in [0.15, 0.2) is 10.8 Å². The predicted octanol–water partition coefficient (Wildman–Crippen LogP) is 1.72. The van der Waals surface area contributed by atoms with Crippen LogP contribution in [0.5, 0.6) is 0 Å². The number of sulfonamides is 1. The molecule has 1 aliphatic carbocycles. The number of likely N-dealkylation sites (N-methyl/N-ethyl adjacent to an activating group) is 1. The number of piperazine rings is 1. The minimum Gasteiger partial charge on any atom is -0.395 e. The van der Waals surface area contributed by atoms with Crippen LogP contribution in [0.4, 0.5) is 5.13 Å². The van der Waals surface area contributed by atoms with E-state index in [-0.39, 0.29) is 35.9 Å². The molecule has 1 aromatic carbocycles. The number of nitrogens with zero attached hydrogens (tertiary/aromatic N) is 5. The zero-order valence-corrected chi connectivity index (χ0v) is 24.4. The third kappa shape index (κ3) is 7.43. The first kappa shape index (κ1) is 30.1. The molecule has 14 heteroatoms. The van der Waals surface area contributed by atoms with Crippen LogP contribution in [0.2, 0.25) is 0 Å². The zero-order chi connectivity index (χ0) is 28.7. The summed E-state index contributed by atoms with van der Waals surface area (Å²) in [5.41, 5.74) is 0.424. The Morgan fingerprint density at radius 1 is 1.27 bits per heavy atom. The van der Waals surface area contributed by atoms with Crippen LogP contribution >= 0.6 is 11.3 Å². The molecule has 0 bridgehead atoms. The van der Waals surface area contributed by atoms with Crippen LogP contribution in [0.1, 0.15) is 43.0 Å². The molecular formula is C26H36N6O6S2. The molecule has 2 aliphatic rings. The number of oxime groups is 1. The van der Waals surface area contributed by atoms with E-state index in [1.807, 2.05) is 6.92 Å². The molecule has 12 nitrogen and oxygen atoms in total. The third-order valence-electron chi connectivity index (χ3n) is 7.11. The lowest BCUT2D eigenvalue weighted by atomic mass is 10.1. The van der Waals surface area contributed by atoms with Gasteiger partial charge in [-0.05, 0) is 44.7 Å². The molecule has 2 amide bonds. The van der Waals surface area contributed by atoms with Crippen LogP contribution in [-0.4, -0.2) is 103 Å². The van der Waals surface area contributed by atoms with Crippen molar-refractivity contribution in [3.8, 4) is 0 Å². The molecule has 1 atom stereocenters. The van der Waals surface area contributed by atoms with Gasteiger partial charge in [-0.15, -0.1) is 11.3 Å². The molecule has 0 unspecified atom stereocenters. The molecule has 40 heavy (non-hydrogen) atoms. The highest BCUT2D eigenvalue weighted by atomic mass is 32.2. The molecular weight excluding hydrogens is 556 g/mol. The number of carbonyl (C=O) groups is 2. The number of nitrogens with one attached hydrogen (secondary N) is 1. The average Bonchev–Trinajstić information content (AvgIpc) is 3.61. The van der Waals surface area contributed by atoms with Gasteiger partial charge in [0.05, 0.1) is 11.5 Å². The zero-order valence-electron chi connectivity index (χ0n) is 22.7. The molecule has 1 saturated carbocycles. The van der Waals surface area contributed by atoms with E-state index in [1.165, 1.54) is 42.6 Å². The maximum absolute atomic E-state index is 13.3. The number of hydrogen-bond acceptors (Lipinski definition) is 10. The normalized spacial score (nSPS) is 19.2. The molecule has 218 valence electrons. The topological polar surface area (TPSA) is 145 Å². The number of anilines is 1. The maximum Gasteiger partial charge on any atom is 0.280 e. The highest BCUT2D eigenvalue weighted by Gasteiger charge is 2.25. The molecule has 1 aliphatic heterocycles. The minimum atomic E-state index is -3.79. The number of aliphatic hydroxyl groups excluding tert-OH is 1. The molecule has 2 heterocycles. The standard InChI is InChI=1S/C26H36N6O6S2/c1-19-16-31(11-12-32(19)18-34)17-22-15-27-26(39-22)28-25(35)24(29-38-21-5-3-4-6-21)20-7-9-23(10-8-20)40(36,37)30(2)13-14-33/h7-10,15,18-19,21,33H,3-6,11-14,16-17H2,1-2H3,(H,27,28,35)/b29-24+/t19-/m0/s1. The fourth-order valence-corrected chi connectivity index (χ4v) is 6.75. The summed E-state index contributed by atoms with van der Waals surface area (Å²) in [6, 6.07) is 5.98. The summed E-state index contributed by atoms with van der Waals surface area (Å²) >= 11 is 1.36. The number of aliphatic hydroxyl groups is 1. The largest absolute Gasteiger partial charge is 0.395 e. The summed E-state index contributed by atoms with van der Waals surface area (Å²) in [5, 5.41) is 16.5. The van der Waals surface area contributed by atoms with Crippen molar-refractivity contribution in [2.45, 2.75) is 56.2 Å². The number of thiazole rings is 1. The number of carbonyl (C=O) groups excluding carboxylic acids is 2. The Bertz CT molecular complexity index is 1290. The molecule has 1 aromatic heterocycles. The highest BCUT2D eigenvalue weighted by Crippen LogP contribution is 2.24. The molecule has 0 radical (unpaired) electrons. The molecule has 4 rings (SSSR count). The number of hydrogen-bond donors (Lipinski definition) is 2. The van der Waals surface area contributed by atoms with Gasteiger partial charge in [-0.25, -0.2) is 13.4 Å². The Morgan fingerprint density at radius 2 is 2.00 bits per heavy atom. The second-order valence-corrected chi connectivity index (χ2v) is 13.2. The summed E-state index contributed by atoms with van der Waals surface area (Å²) < 4.78 is 26.5. The van der Waals surface area contributed by atoms with Crippen LogP contribution in [0, 0.1) is 0 Å². The maximum atomic E-state index is 13.3. The number of aromatic nitrogens is 1. The lowest BCUT2D eigenvalue weighted by molar-refractivity contribution is -0.122. The van der Waals surface area contributed by atoms with E-state index in [1.54, 1.807) is 11.1 Å². The van der Waals surface area contributed by atoms with E-state index >= 15 is 0 Å². The van der Waals surface area contributed by atoms with Gasteiger partial charge in [-0.1, -0.05) is 17.3 Å². The lowest BCUT2D eigenvalue weighted by Crippen LogP contribution is -2.50. The van der Waals surface area contributed by atoms with Crippen molar-refractivity contribution in [1.29, 1.82) is 0 Å². The van der Waals surface area contributed by atoms with E-state index in [2.05, 4.69) is 20.4 Å². The summed E-state index contributed by atoms with van der Waals surface area (Å²) in [6.45, 7) is 4.55. The van der Waals surface area contributed by atoms with Gasteiger partial charge in [-0.3, -0.25) is 19.8 Å². The fourth-order valence-electron chi connectivity index (χ4n) is 4.73. The Labute approximate surface area is 238 Å². The van der Waals surface area contributed by atoms with Crippen LogP contribution in [0.3, 0.4) is 0 Å². The van der Waals surface area contributed by atoms with Gasteiger partial charge in [0.25, 0.3) is 5.91 Å². The smallest absolute Gasteiger partial charge is 0.280 e. The van der Waals surface area contributed by atoms with Crippen molar-refractivity contribution in [1.82, 2.24) is 19.1 Å². The molecule has 2 fully saturated rings. The van der Waals surface area contributed by atoms with E-state index in [4.69, 9.17) is 9.94 Å². The minimum absolute atomic E-state index is 0.0233. The van der Waals surface area contributed by atoms with Gasteiger partial charge < -0.3 is 14.8 Å². The van der Waals surface area contributed by atoms with Crippen LogP contribution in [-0.2, 0) is 31.0 Å². The van der Waals surface area contributed by atoms with Crippen LogP contribution in [0.25, 0.3) is 0 Å². The van der Waals surface area contributed by atoms with E-state index in [9.17, 15) is 18.0 Å². The Balaban J connectivity index is 1.47. The Kier molecular flexibility index (Phi) is 10.2. The second kappa shape index (κ2) is 13.6. The van der Waals surface area contributed by atoms with Crippen molar-refractivity contribution >= 4 is 44.5 Å². The van der Waals surface area contributed by atoms with Gasteiger partial charge in [-0.2, -0.15) is 4.31 Å². The van der Waals surface area contributed by atoms with Gasteiger partial charge >= 0.3 is 0 Å². The second-order valence-electron chi connectivity index (χ2n) is 10.0. The first-order valence-electron chi connectivity index (χ1n) is 13.3. The molecule has 0 spiro atoms. The first-order chi connectivity index (χ1) is 19.2. The summed E-state index contributed by atoms with van der Waals surface area (Å²) in [6.07, 6.45) is 6.36. The van der Waals surface area contributed by atoms with E-state index < -0.39 is 15.9 Å². The van der Waals surface area contributed by atoms with Gasteiger partial charge in [0.2, 0.25) is 16.4 Å². The molecule has 2 N–H and O–H groups in total. The van der Waals surface area contributed by atoms with Crippen LogP contribution < -0.4 is 5.32 Å². The van der Waals surface area contributed by atoms with Crippen molar-refractivity contribution in [3.05, 3.63) is 40.9 Å². The van der Waals surface area contributed by atoms with Crippen molar-refractivity contribution in [2.75, 3.05) is 45.2 Å². The number of rotatable bonds is 12.